The van der Waals surface area contributed by atoms with Gasteiger partial charge < -0.3 is 5.11 Å². The molecular formula is C13H24F2O2. The molecule has 2 nitrogen and oxygen atoms in total. The van der Waals surface area contributed by atoms with E-state index in [0.29, 0.717) is 6.42 Å². The van der Waals surface area contributed by atoms with Crippen molar-refractivity contribution in [2.45, 2.75) is 77.2 Å². The van der Waals surface area contributed by atoms with Crippen molar-refractivity contribution < 1.29 is 18.7 Å². The molecule has 0 radical (unpaired) electrons. The molecule has 102 valence electrons. The third-order valence-corrected chi connectivity index (χ3v) is 3.36. The third-order valence-electron chi connectivity index (χ3n) is 3.36. The highest BCUT2D eigenvalue weighted by Gasteiger charge is 2.54. The monoisotopic (exact) mass is 250 g/mol. The summed E-state index contributed by atoms with van der Waals surface area (Å²) in [6.45, 7) is 4.97. The zero-order chi connectivity index (χ0) is 13.5. The summed E-state index contributed by atoms with van der Waals surface area (Å²) >= 11 is 0. The Morgan fingerprint density at radius 2 is 1.59 bits per heavy atom. The van der Waals surface area contributed by atoms with Gasteiger partial charge in [-0.2, -0.15) is 8.78 Å². The molecule has 0 aromatic rings. The maximum Gasteiger partial charge on any atom is 0.333 e. The van der Waals surface area contributed by atoms with Crippen LogP contribution >= 0.6 is 0 Å². The number of hydrogen-bond acceptors (Lipinski definition) is 2. The molecule has 0 aromatic heterocycles. The van der Waals surface area contributed by atoms with E-state index < -0.39 is 17.3 Å². The molecule has 0 rings (SSSR count). The molecule has 0 aliphatic carbocycles. The average molecular weight is 250 g/mol. The number of carbonyl (C=O) groups is 1. The molecule has 0 spiro atoms. The fraction of sp³-hybridized carbons (Fsp3) is 0.923. The molecule has 17 heavy (non-hydrogen) atoms. The first kappa shape index (κ1) is 16.5. The van der Waals surface area contributed by atoms with E-state index in [0.717, 1.165) is 19.3 Å². The van der Waals surface area contributed by atoms with Gasteiger partial charge in [0.2, 0.25) is 5.78 Å². The average Bonchev–Trinajstić information content (AvgIpc) is 2.32. The predicted molar refractivity (Wildman–Crippen MR) is 64.2 cm³/mol. The summed E-state index contributed by atoms with van der Waals surface area (Å²) in [4.78, 5) is 11.5. The van der Waals surface area contributed by atoms with Gasteiger partial charge in [-0.15, -0.1) is 0 Å². The molecule has 1 N–H and O–H groups in total. The number of ketones is 1. The Hall–Kier alpha value is -0.510. The van der Waals surface area contributed by atoms with Gasteiger partial charge in [-0.05, 0) is 19.3 Å². The lowest BCUT2D eigenvalue weighted by atomic mass is 9.85. The zero-order valence-electron chi connectivity index (χ0n) is 11.1. The molecular weight excluding hydrogens is 226 g/mol. The first-order chi connectivity index (χ1) is 7.85. The van der Waals surface area contributed by atoms with Crippen molar-refractivity contribution in [2.75, 3.05) is 0 Å². The smallest absolute Gasteiger partial charge is 0.333 e. The van der Waals surface area contributed by atoms with Crippen LogP contribution in [0.15, 0.2) is 0 Å². The second kappa shape index (κ2) is 7.04. The number of carbonyl (C=O) groups excluding carboxylic acids is 1. The Balaban J connectivity index is 4.43. The second-order valence-electron chi connectivity index (χ2n) is 4.55. The lowest BCUT2D eigenvalue weighted by Crippen LogP contribution is -2.52. The van der Waals surface area contributed by atoms with Crippen molar-refractivity contribution in [3.63, 3.8) is 0 Å². The van der Waals surface area contributed by atoms with E-state index >= 15 is 0 Å². The highest BCUT2D eigenvalue weighted by atomic mass is 19.3. The van der Waals surface area contributed by atoms with Crippen LogP contribution in [0.4, 0.5) is 8.78 Å². The molecule has 0 bridgehead atoms. The summed E-state index contributed by atoms with van der Waals surface area (Å²) in [6, 6.07) is 0. The van der Waals surface area contributed by atoms with Gasteiger partial charge in [0.25, 0.3) is 0 Å². The fourth-order valence-corrected chi connectivity index (χ4v) is 1.82. The van der Waals surface area contributed by atoms with Gasteiger partial charge in [0.15, 0.2) is 0 Å². The molecule has 0 saturated carbocycles. The first-order valence-corrected chi connectivity index (χ1v) is 6.49. The third kappa shape index (κ3) is 4.02. The molecule has 0 aliphatic heterocycles. The summed E-state index contributed by atoms with van der Waals surface area (Å²) < 4.78 is 27.6. The maximum atomic E-state index is 13.8. The highest BCUT2D eigenvalue weighted by molar-refractivity contribution is 5.86. The van der Waals surface area contributed by atoms with Crippen molar-refractivity contribution in [1.29, 1.82) is 0 Å². The van der Waals surface area contributed by atoms with Gasteiger partial charge in [0.05, 0.1) is 0 Å². The van der Waals surface area contributed by atoms with Crippen LogP contribution in [0, 0.1) is 0 Å². The van der Waals surface area contributed by atoms with E-state index in [4.69, 9.17) is 0 Å². The van der Waals surface area contributed by atoms with Crippen LogP contribution in [0.5, 0.6) is 0 Å². The number of alkyl halides is 2. The van der Waals surface area contributed by atoms with Crippen molar-refractivity contribution in [2.24, 2.45) is 0 Å². The quantitative estimate of drug-likeness (QED) is 0.633. The summed E-state index contributed by atoms with van der Waals surface area (Å²) in [6.07, 6.45) is 2.84. The minimum absolute atomic E-state index is 0.114. The number of rotatable bonds is 9. The number of halogens is 2. The Kier molecular flexibility index (Phi) is 6.83. The molecule has 0 saturated heterocycles. The zero-order valence-corrected chi connectivity index (χ0v) is 11.1. The van der Waals surface area contributed by atoms with Gasteiger partial charge in [-0.3, -0.25) is 4.79 Å². The topological polar surface area (TPSA) is 37.3 Å². The molecule has 0 aromatic carbocycles. The number of hydrogen-bond donors (Lipinski definition) is 1. The van der Waals surface area contributed by atoms with Gasteiger partial charge in [0, 0.05) is 6.42 Å². The van der Waals surface area contributed by atoms with E-state index in [1.165, 1.54) is 13.8 Å². The van der Waals surface area contributed by atoms with E-state index in [2.05, 4.69) is 0 Å². The standard InChI is InChI=1S/C13H24F2O2/c1-4-7-8-9-10-11(16)13(14,15)12(17,5-2)6-3/h17H,4-10H2,1-3H3. The van der Waals surface area contributed by atoms with Gasteiger partial charge in [-0.1, -0.05) is 40.0 Å². The number of aliphatic hydroxyl groups is 1. The van der Waals surface area contributed by atoms with Crippen LogP contribution in [0.3, 0.4) is 0 Å². The van der Waals surface area contributed by atoms with Crippen LogP contribution in [0.2, 0.25) is 0 Å². The lowest BCUT2D eigenvalue weighted by molar-refractivity contribution is -0.192. The van der Waals surface area contributed by atoms with Crippen LogP contribution in [0.1, 0.15) is 65.7 Å². The Bertz CT molecular complexity index is 236. The Labute approximate surface area is 102 Å². The van der Waals surface area contributed by atoms with E-state index in [9.17, 15) is 18.7 Å². The van der Waals surface area contributed by atoms with E-state index in [-0.39, 0.29) is 19.3 Å². The van der Waals surface area contributed by atoms with Crippen molar-refractivity contribution in [3.8, 4) is 0 Å². The molecule has 0 fully saturated rings. The van der Waals surface area contributed by atoms with Crippen LogP contribution < -0.4 is 0 Å². The summed E-state index contributed by atoms with van der Waals surface area (Å²) in [5, 5.41) is 9.76. The van der Waals surface area contributed by atoms with Crippen molar-refractivity contribution >= 4 is 5.78 Å². The van der Waals surface area contributed by atoms with Gasteiger partial charge in [-0.25, -0.2) is 0 Å². The predicted octanol–water partition coefficient (Wildman–Crippen LogP) is 3.71. The minimum atomic E-state index is -3.62. The van der Waals surface area contributed by atoms with Crippen molar-refractivity contribution in [1.82, 2.24) is 0 Å². The first-order valence-electron chi connectivity index (χ1n) is 6.49. The van der Waals surface area contributed by atoms with E-state index in [1.807, 2.05) is 6.92 Å². The molecule has 0 amide bonds. The normalized spacial score (nSPS) is 12.8. The van der Waals surface area contributed by atoms with Crippen LogP contribution in [-0.2, 0) is 4.79 Å². The maximum absolute atomic E-state index is 13.8. The summed E-state index contributed by atoms with van der Waals surface area (Å²) in [5.41, 5.74) is -2.19. The summed E-state index contributed by atoms with van der Waals surface area (Å²) in [5.74, 6) is -4.75. The van der Waals surface area contributed by atoms with Crippen molar-refractivity contribution in [3.05, 3.63) is 0 Å². The number of unbranched alkanes of at least 4 members (excludes halogenated alkanes) is 3. The molecule has 0 unspecified atom stereocenters. The van der Waals surface area contributed by atoms with Crippen LogP contribution in [-0.4, -0.2) is 22.4 Å². The largest absolute Gasteiger partial charge is 0.383 e. The van der Waals surface area contributed by atoms with Gasteiger partial charge >= 0.3 is 5.92 Å². The van der Waals surface area contributed by atoms with Gasteiger partial charge in [0.1, 0.15) is 5.60 Å². The SMILES string of the molecule is CCCCCCC(=O)C(F)(F)C(O)(CC)CC. The second-order valence-corrected chi connectivity index (χ2v) is 4.55. The molecule has 4 heteroatoms. The Morgan fingerprint density at radius 3 is 2.00 bits per heavy atom. The van der Waals surface area contributed by atoms with Crippen LogP contribution in [0.25, 0.3) is 0 Å². The molecule has 0 atom stereocenters. The lowest BCUT2D eigenvalue weighted by Gasteiger charge is -2.33. The molecule has 0 aliphatic rings. The number of Topliss-reactive ketones (excluding diaryl/α,β-unsaturated/α-hetero) is 1. The molecule has 0 heterocycles. The highest BCUT2D eigenvalue weighted by Crippen LogP contribution is 2.36. The summed E-state index contributed by atoms with van der Waals surface area (Å²) in [7, 11) is 0. The minimum Gasteiger partial charge on any atom is -0.383 e. The Morgan fingerprint density at radius 1 is 1.06 bits per heavy atom. The van der Waals surface area contributed by atoms with E-state index in [1.54, 1.807) is 0 Å². The fourth-order valence-electron chi connectivity index (χ4n) is 1.82.